The summed E-state index contributed by atoms with van der Waals surface area (Å²) < 4.78 is 1.66. The van der Waals surface area contributed by atoms with Crippen LogP contribution in [0.15, 0.2) is 42.9 Å². The summed E-state index contributed by atoms with van der Waals surface area (Å²) in [6.07, 6.45) is 6.22. The number of fused-ring (bicyclic) bond motifs is 1. The van der Waals surface area contributed by atoms with E-state index in [9.17, 15) is 0 Å². The van der Waals surface area contributed by atoms with Gasteiger partial charge in [-0.15, -0.1) is 5.10 Å². The van der Waals surface area contributed by atoms with E-state index < -0.39 is 0 Å². The number of halogens is 1. The van der Waals surface area contributed by atoms with Crippen molar-refractivity contribution >= 4 is 23.2 Å². The van der Waals surface area contributed by atoms with Gasteiger partial charge < -0.3 is 5.32 Å². The first-order chi connectivity index (χ1) is 9.31. The van der Waals surface area contributed by atoms with Crippen LogP contribution in [0.5, 0.6) is 0 Å². The normalized spacial score (nSPS) is 10.8. The maximum absolute atomic E-state index is 5.90. The van der Waals surface area contributed by atoms with Crippen LogP contribution < -0.4 is 5.32 Å². The first kappa shape index (κ1) is 11.9. The molecule has 3 aromatic heterocycles. The molecule has 0 unspecified atom stereocenters. The summed E-state index contributed by atoms with van der Waals surface area (Å²) in [6.45, 7) is 0.772. The van der Waals surface area contributed by atoms with E-state index >= 15 is 0 Å². The topological polar surface area (TPSA) is 55.1 Å². The Kier molecular flexibility index (Phi) is 3.29. The summed E-state index contributed by atoms with van der Waals surface area (Å²) in [7, 11) is 0. The Morgan fingerprint density at radius 2 is 2.00 bits per heavy atom. The monoisotopic (exact) mass is 273 g/mol. The lowest BCUT2D eigenvalue weighted by Gasteiger charge is -2.01. The van der Waals surface area contributed by atoms with Gasteiger partial charge >= 0.3 is 0 Å². The Bertz CT molecular complexity index is 680. The molecule has 5 nitrogen and oxygen atoms in total. The number of nitrogens with zero attached hydrogens (tertiary/aromatic N) is 4. The van der Waals surface area contributed by atoms with Crippen molar-refractivity contribution in [2.75, 3.05) is 11.9 Å². The molecule has 0 aliphatic carbocycles. The molecule has 3 rings (SSSR count). The number of rotatable bonds is 4. The zero-order valence-corrected chi connectivity index (χ0v) is 10.9. The van der Waals surface area contributed by atoms with Crippen LogP contribution in [-0.2, 0) is 6.42 Å². The predicted molar refractivity (Wildman–Crippen MR) is 74.4 cm³/mol. The minimum atomic E-state index is 0.608. The van der Waals surface area contributed by atoms with E-state index in [4.69, 9.17) is 11.6 Å². The molecule has 96 valence electrons. The molecule has 3 aromatic rings. The Morgan fingerprint density at radius 3 is 2.84 bits per heavy atom. The SMILES string of the molecule is Clc1ccc2nc(NCCc3ccncc3)nn2c1. The molecule has 0 amide bonds. The summed E-state index contributed by atoms with van der Waals surface area (Å²) in [5, 5.41) is 8.14. The third-order valence-electron chi connectivity index (χ3n) is 2.74. The second-order valence-electron chi connectivity index (χ2n) is 4.12. The second kappa shape index (κ2) is 5.24. The molecule has 0 saturated carbocycles. The van der Waals surface area contributed by atoms with Gasteiger partial charge in [0, 0.05) is 25.1 Å². The van der Waals surface area contributed by atoms with Gasteiger partial charge in [0.25, 0.3) is 0 Å². The van der Waals surface area contributed by atoms with Crippen molar-refractivity contribution in [2.24, 2.45) is 0 Å². The number of hydrogen-bond acceptors (Lipinski definition) is 4. The van der Waals surface area contributed by atoms with Gasteiger partial charge in [0.2, 0.25) is 5.95 Å². The van der Waals surface area contributed by atoms with Crippen molar-refractivity contribution in [3.05, 3.63) is 53.4 Å². The number of pyridine rings is 2. The quantitative estimate of drug-likeness (QED) is 0.793. The van der Waals surface area contributed by atoms with Gasteiger partial charge in [-0.25, -0.2) is 4.52 Å². The van der Waals surface area contributed by atoms with E-state index in [2.05, 4.69) is 20.4 Å². The molecule has 0 bridgehead atoms. The highest BCUT2D eigenvalue weighted by Crippen LogP contribution is 2.11. The smallest absolute Gasteiger partial charge is 0.243 e. The van der Waals surface area contributed by atoms with E-state index in [1.54, 1.807) is 29.2 Å². The number of anilines is 1. The Balaban J connectivity index is 1.65. The van der Waals surface area contributed by atoms with E-state index in [0.29, 0.717) is 11.0 Å². The molecule has 1 N–H and O–H groups in total. The van der Waals surface area contributed by atoms with E-state index in [-0.39, 0.29) is 0 Å². The summed E-state index contributed by atoms with van der Waals surface area (Å²) in [5.41, 5.74) is 2.00. The largest absolute Gasteiger partial charge is 0.353 e. The maximum atomic E-state index is 5.90. The van der Waals surface area contributed by atoms with Crippen LogP contribution in [0, 0.1) is 0 Å². The molecule has 0 aliphatic rings. The minimum absolute atomic E-state index is 0.608. The average Bonchev–Trinajstić information content (AvgIpc) is 2.82. The molecule has 3 heterocycles. The lowest BCUT2D eigenvalue weighted by Crippen LogP contribution is -2.06. The molecule has 0 saturated heterocycles. The van der Waals surface area contributed by atoms with E-state index in [1.807, 2.05) is 18.2 Å². The lowest BCUT2D eigenvalue weighted by atomic mass is 10.2. The van der Waals surface area contributed by atoms with Crippen molar-refractivity contribution in [3.8, 4) is 0 Å². The van der Waals surface area contributed by atoms with Gasteiger partial charge in [0.1, 0.15) is 0 Å². The van der Waals surface area contributed by atoms with Gasteiger partial charge in [0.15, 0.2) is 5.65 Å². The Hall–Kier alpha value is -2.14. The molecule has 0 spiro atoms. The van der Waals surface area contributed by atoms with Gasteiger partial charge in [-0.2, -0.15) is 4.98 Å². The first-order valence-corrected chi connectivity index (χ1v) is 6.34. The summed E-state index contributed by atoms with van der Waals surface area (Å²) in [4.78, 5) is 8.34. The fourth-order valence-corrected chi connectivity index (χ4v) is 1.96. The molecule has 6 heteroatoms. The molecule has 0 aliphatic heterocycles. The summed E-state index contributed by atoms with van der Waals surface area (Å²) >= 11 is 5.90. The van der Waals surface area contributed by atoms with Crippen LogP contribution in [0.3, 0.4) is 0 Å². The lowest BCUT2D eigenvalue weighted by molar-refractivity contribution is 0.936. The fraction of sp³-hybridized carbons (Fsp3) is 0.154. The van der Waals surface area contributed by atoms with Crippen LogP contribution in [-0.4, -0.2) is 26.1 Å². The minimum Gasteiger partial charge on any atom is -0.353 e. The predicted octanol–water partition coefficient (Wildman–Crippen LogP) is 2.43. The van der Waals surface area contributed by atoms with Crippen LogP contribution in [0.2, 0.25) is 5.02 Å². The highest BCUT2D eigenvalue weighted by atomic mass is 35.5. The van der Waals surface area contributed by atoms with Crippen LogP contribution >= 0.6 is 11.6 Å². The maximum Gasteiger partial charge on any atom is 0.243 e. The zero-order valence-electron chi connectivity index (χ0n) is 10.1. The Morgan fingerprint density at radius 1 is 1.16 bits per heavy atom. The molecule has 19 heavy (non-hydrogen) atoms. The van der Waals surface area contributed by atoms with E-state index in [0.717, 1.165) is 18.6 Å². The molecule has 0 radical (unpaired) electrons. The summed E-state index contributed by atoms with van der Waals surface area (Å²) in [5.74, 6) is 0.608. The van der Waals surface area contributed by atoms with Gasteiger partial charge in [-0.3, -0.25) is 4.98 Å². The number of hydrogen-bond donors (Lipinski definition) is 1. The van der Waals surface area contributed by atoms with Crippen molar-refractivity contribution in [1.29, 1.82) is 0 Å². The molecular formula is C13H12ClN5. The second-order valence-corrected chi connectivity index (χ2v) is 4.55. The van der Waals surface area contributed by atoms with Crippen molar-refractivity contribution < 1.29 is 0 Å². The van der Waals surface area contributed by atoms with Crippen molar-refractivity contribution in [3.63, 3.8) is 0 Å². The fourth-order valence-electron chi connectivity index (χ4n) is 1.80. The molecule has 0 fully saturated rings. The van der Waals surface area contributed by atoms with Gasteiger partial charge in [-0.05, 0) is 36.2 Å². The highest BCUT2D eigenvalue weighted by molar-refractivity contribution is 6.30. The Labute approximate surface area is 115 Å². The number of nitrogens with one attached hydrogen (secondary N) is 1. The van der Waals surface area contributed by atoms with Crippen molar-refractivity contribution in [1.82, 2.24) is 19.6 Å². The van der Waals surface area contributed by atoms with Crippen LogP contribution in [0.1, 0.15) is 5.56 Å². The molecule has 0 atom stereocenters. The van der Waals surface area contributed by atoms with Gasteiger partial charge in [0.05, 0.1) is 5.02 Å². The number of aromatic nitrogens is 4. The van der Waals surface area contributed by atoms with Gasteiger partial charge in [-0.1, -0.05) is 11.6 Å². The van der Waals surface area contributed by atoms with Crippen LogP contribution in [0.25, 0.3) is 5.65 Å². The van der Waals surface area contributed by atoms with Crippen molar-refractivity contribution in [2.45, 2.75) is 6.42 Å². The molecular weight excluding hydrogens is 262 g/mol. The third-order valence-corrected chi connectivity index (χ3v) is 2.96. The first-order valence-electron chi connectivity index (χ1n) is 5.96. The summed E-state index contributed by atoms with van der Waals surface area (Å²) in [6, 6.07) is 7.63. The standard InChI is InChI=1S/C13H12ClN5/c14-11-1-2-12-17-13(18-19(12)9-11)16-8-5-10-3-6-15-7-4-10/h1-4,6-7,9H,5,8H2,(H,16,18). The zero-order chi connectivity index (χ0) is 13.1. The van der Waals surface area contributed by atoms with Crippen LogP contribution in [0.4, 0.5) is 5.95 Å². The highest BCUT2D eigenvalue weighted by Gasteiger charge is 2.03. The third kappa shape index (κ3) is 2.82. The average molecular weight is 274 g/mol. The van der Waals surface area contributed by atoms with E-state index in [1.165, 1.54) is 5.56 Å². The molecule has 0 aromatic carbocycles.